The molecule has 1 saturated heterocycles. The van der Waals surface area contributed by atoms with Crippen molar-refractivity contribution in [2.45, 2.75) is 23.8 Å². The van der Waals surface area contributed by atoms with Crippen molar-refractivity contribution < 1.29 is 9.18 Å². The third-order valence-electron chi connectivity index (χ3n) is 4.09. The molecule has 24 heavy (non-hydrogen) atoms. The number of hydrogen-bond acceptors (Lipinski definition) is 3. The summed E-state index contributed by atoms with van der Waals surface area (Å²) in [6, 6.07) is 16.6. The Morgan fingerprint density at radius 3 is 2.67 bits per heavy atom. The van der Waals surface area contributed by atoms with Gasteiger partial charge in [0, 0.05) is 29.7 Å². The maximum absolute atomic E-state index is 13.0. The van der Waals surface area contributed by atoms with Crippen molar-refractivity contribution in [1.82, 2.24) is 4.90 Å². The topological polar surface area (TPSA) is 32.3 Å². The van der Waals surface area contributed by atoms with Crippen molar-refractivity contribution in [3.05, 3.63) is 60.4 Å². The first-order chi connectivity index (χ1) is 11.7. The van der Waals surface area contributed by atoms with Crippen LogP contribution in [-0.4, -0.2) is 35.7 Å². The van der Waals surface area contributed by atoms with E-state index in [0.717, 1.165) is 30.0 Å². The highest BCUT2D eigenvalue weighted by atomic mass is 32.2. The second kappa shape index (κ2) is 8.20. The lowest BCUT2D eigenvalue weighted by Gasteiger charge is -2.33. The molecule has 0 aliphatic carbocycles. The Morgan fingerprint density at radius 1 is 1.17 bits per heavy atom. The van der Waals surface area contributed by atoms with Crippen LogP contribution in [0.2, 0.25) is 0 Å². The minimum Gasteiger partial charge on any atom is -0.381 e. The van der Waals surface area contributed by atoms with Crippen molar-refractivity contribution in [2.24, 2.45) is 0 Å². The summed E-state index contributed by atoms with van der Waals surface area (Å²) in [6.07, 6.45) is 2.01. The van der Waals surface area contributed by atoms with Crippen LogP contribution in [0.5, 0.6) is 0 Å². The molecule has 1 aliphatic rings. The molecule has 0 radical (unpaired) electrons. The zero-order valence-corrected chi connectivity index (χ0v) is 14.3. The molecule has 1 heterocycles. The van der Waals surface area contributed by atoms with Crippen LogP contribution in [0.3, 0.4) is 0 Å². The molecular formula is C19H21FN2OS. The second-order valence-electron chi connectivity index (χ2n) is 5.93. The van der Waals surface area contributed by atoms with Crippen LogP contribution in [0.4, 0.5) is 10.1 Å². The summed E-state index contributed by atoms with van der Waals surface area (Å²) in [4.78, 5) is 15.5. The molecule has 126 valence electrons. The SMILES string of the molecule is O=C(CSc1ccccc1)N1CCCC(Nc2ccc(F)cc2)C1. The Labute approximate surface area is 146 Å². The monoisotopic (exact) mass is 344 g/mol. The smallest absolute Gasteiger partial charge is 0.233 e. The van der Waals surface area contributed by atoms with Gasteiger partial charge < -0.3 is 10.2 Å². The third kappa shape index (κ3) is 4.74. The van der Waals surface area contributed by atoms with Gasteiger partial charge in [-0.2, -0.15) is 0 Å². The number of benzene rings is 2. The Kier molecular flexibility index (Phi) is 5.75. The number of amides is 1. The molecule has 1 aliphatic heterocycles. The van der Waals surface area contributed by atoms with E-state index in [1.807, 2.05) is 35.2 Å². The maximum atomic E-state index is 13.0. The van der Waals surface area contributed by atoms with E-state index in [-0.39, 0.29) is 17.8 Å². The highest BCUT2D eigenvalue weighted by Gasteiger charge is 2.23. The predicted octanol–water partition coefficient (Wildman–Crippen LogP) is 4.02. The van der Waals surface area contributed by atoms with Gasteiger partial charge in [-0.1, -0.05) is 18.2 Å². The normalized spacial score (nSPS) is 17.5. The lowest BCUT2D eigenvalue weighted by molar-refractivity contribution is -0.129. The highest BCUT2D eigenvalue weighted by Crippen LogP contribution is 2.20. The number of anilines is 1. The van der Waals surface area contributed by atoms with Crippen molar-refractivity contribution in [2.75, 3.05) is 24.2 Å². The fraction of sp³-hybridized carbons (Fsp3) is 0.316. The van der Waals surface area contributed by atoms with E-state index < -0.39 is 0 Å². The van der Waals surface area contributed by atoms with Gasteiger partial charge >= 0.3 is 0 Å². The molecule has 0 aromatic heterocycles. The maximum Gasteiger partial charge on any atom is 0.233 e. The quantitative estimate of drug-likeness (QED) is 0.832. The second-order valence-corrected chi connectivity index (χ2v) is 6.98. The molecule has 3 nitrogen and oxygen atoms in total. The molecular weight excluding hydrogens is 323 g/mol. The van der Waals surface area contributed by atoms with Crippen molar-refractivity contribution in [3.8, 4) is 0 Å². The van der Waals surface area contributed by atoms with Crippen LogP contribution in [0.15, 0.2) is 59.5 Å². The van der Waals surface area contributed by atoms with Gasteiger partial charge in [-0.25, -0.2) is 4.39 Å². The molecule has 1 N–H and O–H groups in total. The van der Waals surface area contributed by atoms with E-state index >= 15 is 0 Å². The van der Waals surface area contributed by atoms with Gasteiger partial charge in [0.25, 0.3) is 0 Å². The minimum absolute atomic E-state index is 0.175. The van der Waals surface area contributed by atoms with Crippen LogP contribution in [0, 0.1) is 5.82 Å². The first kappa shape index (κ1) is 16.8. The Bertz CT molecular complexity index is 663. The highest BCUT2D eigenvalue weighted by molar-refractivity contribution is 8.00. The van der Waals surface area contributed by atoms with E-state index in [1.165, 1.54) is 12.1 Å². The summed E-state index contributed by atoms with van der Waals surface area (Å²) >= 11 is 1.58. The predicted molar refractivity (Wildman–Crippen MR) is 96.8 cm³/mol. The average molecular weight is 344 g/mol. The number of nitrogens with zero attached hydrogens (tertiary/aromatic N) is 1. The summed E-state index contributed by atoms with van der Waals surface area (Å²) in [5.74, 6) is 0.404. The molecule has 5 heteroatoms. The Balaban J connectivity index is 1.51. The van der Waals surface area contributed by atoms with Gasteiger partial charge in [0.1, 0.15) is 5.82 Å². The molecule has 3 rings (SSSR count). The summed E-state index contributed by atoms with van der Waals surface area (Å²) in [5.41, 5.74) is 0.898. The van der Waals surface area contributed by atoms with Crippen LogP contribution in [-0.2, 0) is 4.79 Å². The van der Waals surface area contributed by atoms with Crippen molar-refractivity contribution in [3.63, 3.8) is 0 Å². The Hall–Kier alpha value is -2.01. The lowest BCUT2D eigenvalue weighted by atomic mass is 10.1. The van der Waals surface area contributed by atoms with Crippen molar-refractivity contribution in [1.29, 1.82) is 0 Å². The molecule has 0 saturated carbocycles. The standard InChI is InChI=1S/C19H21FN2OS/c20-15-8-10-16(11-9-15)21-17-5-4-12-22(13-17)19(23)14-24-18-6-2-1-3-7-18/h1-3,6-11,17,21H,4-5,12-14H2. The number of halogens is 1. The van der Waals surface area contributed by atoms with E-state index in [2.05, 4.69) is 5.32 Å². The summed E-state index contributed by atoms with van der Waals surface area (Å²) in [6.45, 7) is 1.52. The van der Waals surface area contributed by atoms with Crippen LogP contribution >= 0.6 is 11.8 Å². The molecule has 2 aromatic carbocycles. The van der Waals surface area contributed by atoms with Gasteiger partial charge in [-0.05, 0) is 49.2 Å². The van der Waals surface area contributed by atoms with Crippen LogP contribution < -0.4 is 5.32 Å². The molecule has 1 amide bonds. The zero-order chi connectivity index (χ0) is 16.8. The largest absolute Gasteiger partial charge is 0.381 e. The molecule has 1 unspecified atom stereocenters. The molecule has 1 fully saturated rings. The Morgan fingerprint density at radius 2 is 1.92 bits per heavy atom. The molecule has 0 spiro atoms. The lowest BCUT2D eigenvalue weighted by Crippen LogP contribution is -2.45. The van der Waals surface area contributed by atoms with Crippen molar-refractivity contribution >= 4 is 23.4 Å². The first-order valence-corrected chi connectivity index (χ1v) is 9.17. The van der Waals surface area contributed by atoms with Crippen LogP contribution in [0.1, 0.15) is 12.8 Å². The van der Waals surface area contributed by atoms with Gasteiger partial charge in [0.2, 0.25) is 5.91 Å². The number of rotatable bonds is 5. The van der Waals surface area contributed by atoms with Gasteiger partial charge in [-0.3, -0.25) is 4.79 Å². The fourth-order valence-electron chi connectivity index (χ4n) is 2.86. The molecule has 0 bridgehead atoms. The summed E-state index contributed by atoms with van der Waals surface area (Å²) in [5, 5.41) is 3.40. The fourth-order valence-corrected chi connectivity index (χ4v) is 3.68. The number of hydrogen-bond donors (Lipinski definition) is 1. The van der Waals surface area contributed by atoms with E-state index in [9.17, 15) is 9.18 Å². The third-order valence-corrected chi connectivity index (χ3v) is 5.09. The number of carbonyl (C=O) groups excluding carboxylic acids is 1. The van der Waals surface area contributed by atoms with Gasteiger partial charge in [-0.15, -0.1) is 11.8 Å². The van der Waals surface area contributed by atoms with Gasteiger partial charge in [0.15, 0.2) is 0 Å². The number of carbonyl (C=O) groups is 1. The molecule has 2 aromatic rings. The van der Waals surface area contributed by atoms with E-state index in [4.69, 9.17) is 0 Å². The molecule has 1 atom stereocenters. The summed E-state index contributed by atoms with van der Waals surface area (Å²) in [7, 11) is 0. The number of likely N-dealkylation sites (tertiary alicyclic amines) is 1. The first-order valence-electron chi connectivity index (χ1n) is 8.18. The number of thioether (sulfide) groups is 1. The van der Waals surface area contributed by atoms with Gasteiger partial charge in [0.05, 0.1) is 5.75 Å². The van der Waals surface area contributed by atoms with Crippen LogP contribution in [0.25, 0.3) is 0 Å². The zero-order valence-electron chi connectivity index (χ0n) is 13.5. The van der Waals surface area contributed by atoms with E-state index in [1.54, 1.807) is 23.9 Å². The average Bonchev–Trinajstić information content (AvgIpc) is 2.63. The minimum atomic E-state index is -0.237. The number of piperidine rings is 1. The number of nitrogens with one attached hydrogen (secondary N) is 1. The summed E-state index contributed by atoms with van der Waals surface area (Å²) < 4.78 is 13.0. The van der Waals surface area contributed by atoms with E-state index in [0.29, 0.717) is 12.3 Å².